The number of aromatic nitrogens is 2. The summed E-state index contributed by atoms with van der Waals surface area (Å²) in [4.78, 5) is 10.3. The third kappa shape index (κ3) is 1.22. The van der Waals surface area contributed by atoms with E-state index in [0.29, 0.717) is 0 Å². The molecule has 0 aliphatic heterocycles. The molecule has 0 bridgehead atoms. The van der Waals surface area contributed by atoms with E-state index in [-0.39, 0.29) is 7.12 Å². The van der Waals surface area contributed by atoms with E-state index in [4.69, 9.17) is 5.73 Å². The molecule has 0 aliphatic carbocycles. The van der Waals surface area contributed by atoms with Crippen molar-refractivity contribution in [2.45, 2.75) is 0 Å². The number of hydrogen-bond donors (Lipinski definition) is 1. The lowest BCUT2D eigenvalue weighted by Crippen LogP contribution is -2.12. The van der Waals surface area contributed by atoms with Crippen LogP contribution in [0.15, 0.2) is 18.3 Å². The molecule has 1 amide bonds. The summed E-state index contributed by atoms with van der Waals surface area (Å²) in [5, 5.41) is 6.91. The van der Waals surface area contributed by atoms with Gasteiger partial charge in [-0.05, 0) is 12.1 Å². The molecule has 4 heteroatoms. The van der Waals surface area contributed by atoms with Crippen LogP contribution in [-0.4, -0.2) is 16.1 Å². The normalized spacial score (nSPS) is 8.89. The van der Waals surface area contributed by atoms with E-state index in [9.17, 15) is 4.79 Å². The predicted octanol–water partition coefficient (Wildman–Crippen LogP) is -0.312. The summed E-state index contributed by atoms with van der Waals surface area (Å²) in [5.74, 6) is -0.553. The zero-order valence-electron chi connectivity index (χ0n) is 5.61. The molecule has 0 radical (unpaired) electrons. The molecule has 0 aliphatic rings. The van der Waals surface area contributed by atoms with E-state index >= 15 is 0 Å². The first-order valence-corrected chi connectivity index (χ1v) is 2.38. The van der Waals surface area contributed by atoms with Crippen LogP contribution >= 0.6 is 0 Å². The second kappa shape index (κ2) is 2.21. The second-order valence-corrected chi connectivity index (χ2v) is 1.47. The smallest absolute Gasteiger partial charge is 0.364 e. The van der Waals surface area contributed by atoms with Crippen LogP contribution in [0.3, 0.4) is 0 Å². The Labute approximate surface area is 53.2 Å². The molecule has 1 aromatic rings. The summed E-state index contributed by atoms with van der Waals surface area (Å²) >= 11 is 0. The minimum Gasteiger partial charge on any atom is -0.364 e. The van der Waals surface area contributed by atoms with Crippen molar-refractivity contribution in [3.8, 4) is 0 Å². The van der Waals surface area contributed by atoms with Crippen molar-refractivity contribution < 1.29 is 6.22 Å². The number of amides is 1. The molecule has 0 spiro atoms. The van der Waals surface area contributed by atoms with Crippen molar-refractivity contribution >= 4 is 5.91 Å². The highest BCUT2D eigenvalue weighted by Crippen LogP contribution is 1.86. The standard InChI is InChI=1S/C5H5N3O/c6-5(9)4-2-1-3-7-8-4/h1-3H,(H2,6,9)/p+1. The Hall–Kier alpha value is -1.45. The van der Waals surface area contributed by atoms with Crippen molar-refractivity contribution in [1.29, 1.82) is 0 Å². The topological polar surface area (TPSA) is 68.9 Å². The highest BCUT2D eigenvalue weighted by molar-refractivity contribution is 5.90. The maximum Gasteiger partial charge on any atom is 1.00 e. The zero-order valence-corrected chi connectivity index (χ0v) is 4.61. The quantitative estimate of drug-likeness (QED) is 0.558. The SMILES string of the molecule is NC(=O)c1cccnn1.[H+]. The summed E-state index contributed by atoms with van der Waals surface area (Å²) in [5.41, 5.74) is 5.06. The number of hydrogen-bond acceptors (Lipinski definition) is 3. The van der Waals surface area contributed by atoms with Crippen molar-refractivity contribution in [1.82, 2.24) is 10.2 Å². The maximum absolute atomic E-state index is 10.3. The van der Waals surface area contributed by atoms with Crippen LogP contribution in [0, 0.1) is 0 Å². The van der Waals surface area contributed by atoms with Crippen molar-refractivity contribution in [2.75, 3.05) is 0 Å². The molecule has 1 heterocycles. The van der Waals surface area contributed by atoms with E-state index in [2.05, 4.69) is 10.2 Å². The zero-order chi connectivity index (χ0) is 6.69. The van der Waals surface area contributed by atoms with Crippen LogP contribution in [0.5, 0.6) is 0 Å². The first-order chi connectivity index (χ1) is 4.30. The van der Waals surface area contributed by atoms with Gasteiger partial charge in [-0.25, -0.2) is 0 Å². The first-order valence-electron chi connectivity index (χ1n) is 2.38. The molecule has 1 aromatic heterocycles. The molecule has 9 heavy (non-hydrogen) atoms. The number of rotatable bonds is 1. The Morgan fingerprint density at radius 1 is 1.78 bits per heavy atom. The Balaban J connectivity index is 0.000000810. The summed E-state index contributed by atoms with van der Waals surface area (Å²) in [6.07, 6.45) is 1.48. The van der Waals surface area contributed by atoms with Gasteiger partial charge in [-0.15, -0.1) is 5.10 Å². The Bertz CT molecular complexity index is 213. The van der Waals surface area contributed by atoms with Crippen LogP contribution in [0.2, 0.25) is 0 Å². The van der Waals surface area contributed by atoms with Gasteiger partial charge in [0.2, 0.25) is 0 Å². The van der Waals surface area contributed by atoms with Gasteiger partial charge in [0.1, 0.15) is 0 Å². The minimum absolute atomic E-state index is 0. The molecular formula is C5H6N3O+. The number of nitrogens with two attached hydrogens (primary N) is 1. The Kier molecular flexibility index (Phi) is 1.40. The van der Waals surface area contributed by atoms with Crippen molar-refractivity contribution in [3.05, 3.63) is 24.0 Å². The lowest BCUT2D eigenvalue weighted by atomic mass is 10.4. The van der Waals surface area contributed by atoms with Gasteiger partial charge in [-0.1, -0.05) is 0 Å². The first kappa shape index (κ1) is 5.68. The maximum atomic E-state index is 10.3. The van der Waals surface area contributed by atoms with Crippen LogP contribution in [-0.2, 0) is 0 Å². The number of primary amides is 1. The number of carbonyl (C=O) groups excluding carboxylic acids is 1. The largest absolute Gasteiger partial charge is 1.00 e. The fraction of sp³-hybridized carbons (Fsp3) is 0. The molecule has 0 atom stereocenters. The lowest BCUT2D eigenvalue weighted by Gasteiger charge is -1.87. The van der Waals surface area contributed by atoms with Crippen LogP contribution in [0.25, 0.3) is 0 Å². The van der Waals surface area contributed by atoms with E-state index in [1.165, 1.54) is 12.3 Å². The fourth-order valence-electron chi connectivity index (χ4n) is 0.433. The number of carbonyl (C=O) groups is 1. The molecule has 0 unspecified atom stereocenters. The van der Waals surface area contributed by atoms with Gasteiger partial charge in [-0.2, -0.15) is 5.10 Å². The van der Waals surface area contributed by atoms with E-state index in [1.807, 2.05) is 0 Å². The molecule has 46 valence electrons. The van der Waals surface area contributed by atoms with Gasteiger partial charge < -0.3 is 5.73 Å². The van der Waals surface area contributed by atoms with E-state index in [0.717, 1.165) is 0 Å². The van der Waals surface area contributed by atoms with Crippen LogP contribution in [0.1, 0.15) is 11.9 Å². The average molecular weight is 124 g/mol. The molecule has 1 rings (SSSR count). The highest BCUT2D eigenvalue weighted by atomic mass is 16.1. The fourth-order valence-corrected chi connectivity index (χ4v) is 0.433. The van der Waals surface area contributed by atoms with Crippen LogP contribution < -0.4 is 5.73 Å². The summed E-state index contributed by atoms with van der Waals surface area (Å²) < 4.78 is 0. The third-order valence-electron chi connectivity index (χ3n) is 0.825. The predicted molar refractivity (Wildman–Crippen MR) is 31.7 cm³/mol. The number of nitrogens with zero attached hydrogens (tertiary/aromatic N) is 2. The van der Waals surface area contributed by atoms with E-state index < -0.39 is 5.91 Å². The Morgan fingerprint density at radius 2 is 2.56 bits per heavy atom. The van der Waals surface area contributed by atoms with Gasteiger partial charge in [0.05, 0.1) is 0 Å². The monoisotopic (exact) mass is 124 g/mol. The molecule has 0 fully saturated rings. The van der Waals surface area contributed by atoms with E-state index in [1.54, 1.807) is 6.07 Å². The highest BCUT2D eigenvalue weighted by Gasteiger charge is 1.97. The molecule has 0 saturated carbocycles. The minimum atomic E-state index is -0.553. The molecule has 0 aromatic carbocycles. The molecule has 0 saturated heterocycles. The van der Waals surface area contributed by atoms with Gasteiger partial charge in [0, 0.05) is 6.20 Å². The molecular weight excluding hydrogens is 118 g/mol. The third-order valence-corrected chi connectivity index (χ3v) is 0.825. The van der Waals surface area contributed by atoms with Crippen molar-refractivity contribution in [3.63, 3.8) is 0 Å². The van der Waals surface area contributed by atoms with Gasteiger partial charge >= 0.3 is 1.43 Å². The van der Waals surface area contributed by atoms with Gasteiger partial charge in [-0.3, -0.25) is 4.79 Å². The van der Waals surface area contributed by atoms with Crippen molar-refractivity contribution in [2.24, 2.45) is 5.73 Å². The summed E-state index contributed by atoms with van der Waals surface area (Å²) in [6, 6.07) is 3.11. The second-order valence-electron chi connectivity index (χ2n) is 1.47. The van der Waals surface area contributed by atoms with Gasteiger partial charge in [0.25, 0.3) is 5.91 Å². The summed E-state index contributed by atoms with van der Waals surface area (Å²) in [7, 11) is 0. The van der Waals surface area contributed by atoms with Gasteiger partial charge in [0.15, 0.2) is 5.69 Å². The lowest BCUT2D eigenvalue weighted by molar-refractivity contribution is 0.0994. The Morgan fingerprint density at radius 3 is 2.89 bits per heavy atom. The average Bonchev–Trinajstić information content (AvgIpc) is 1.90. The van der Waals surface area contributed by atoms with Crippen LogP contribution in [0.4, 0.5) is 0 Å². The molecule has 4 nitrogen and oxygen atoms in total. The summed E-state index contributed by atoms with van der Waals surface area (Å²) in [6.45, 7) is 0. The molecule has 2 N–H and O–H groups in total.